The van der Waals surface area contributed by atoms with Gasteiger partial charge in [-0.15, -0.1) is 0 Å². The van der Waals surface area contributed by atoms with Crippen molar-refractivity contribution in [1.29, 1.82) is 0 Å². The van der Waals surface area contributed by atoms with E-state index in [1.54, 1.807) is 0 Å². The lowest BCUT2D eigenvalue weighted by Crippen LogP contribution is -2.33. The first kappa shape index (κ1) is 12.5. The lowest BCUT2D eigenvalue weighted by Gasteiger charge is -2.19. The van der Waals surface area contributed by atoms with Gasteiger partial charge in [0.2, 0.25) is 0 Å². The van der Waals surface area contributed by atoms with E-state index in [-0.39, 0.29) is 11.7 Å². The van der Waals surface area contributed by atoms with Gasteiger partial charge in [0.15, 0.2) is 0 Å². The fourth-order valence-corrected chi connectivity index (χ4v) is 2.51. The molecule has 17 heavy (non-hydrogen) atoms. The van der Waals surface area contributed by atoms with Crippen molar-refractivity contribution in [3.05, 3.63) is 35.6 Å². The number of nitrogens with one attached hydrogen (secondary N) is 1. The molecule has 0 aliphatic heterocycles. The first-order chi connectivity index (χ1) is 8.29. The van der Waals surface area contributed by atoms with Gasteiger partial charge in [-0.25, -0.2) is 4.39 Å². The van der Waals surface area contributed by atoms with Crippen LogP contribution in [0.5, 0.6) is 0 Å². The van der Waals surface area contributed by atoms with Crippen LogP contribution in [-0.2, 0) is 0 Å². The van der Waals surface area contributed by atoms with Crippen molar-refractivity contribution in [3.63, 3.8) is 0 Å². The van der Waals surface area contributed by atoms with Crippen LogP contribution in [0.3, 0.4) is 0 Å². The topological polar surface area (TPSA) is 38.0 Å². The van der Waals surface area contributed by atoms with Crippen LogP contribution in [0.1, 0.15) is 37.2 Å². The van der Waals surface area contributed by atoms with Crippen LogP contribution in [0.4, 0.5) is 4.39 Å². The summed E-state index contributed by atoms with van der Waals surface area (Å²) in [5, 5.41) is 3.57. The van der Waals surface area contributed by atoms with E-state index in [1.165, 1.54) is 37.8 Å². The number of benzene rings is 1. The van der Waals surface area contributed by atoms with Gasteiger partial charge in [-0.1, -0.05) is 25.0 Å². The summed E-state index contributed by atoms with van der Waals surface area (Å²) in [5.41, 5.74) is 6.92. The Labute approximate surface area is 102 Å². The minimum absolute atomic E-state index is 0.187. The van der Waals surface area contributed by atoms with Crippen LogP contribution in [0, 0.1) is 5.82 Å². The molecule has 1 aromatic carbocycles. The zero-order valence-electron chi connectivity index (χ0n) is 10.2. The summed E-state index contributed by atoms with van der Waals surface area (Å²) < 4.78 is 12.8. The second-order valence-electron chi connectivity index (χ2n) is 4.87. The summed E-state index contributed by atoms with van der Waals surface area (Å²) in [5.74, 6) is 0.101. The van der Waals surface area contributed by atoms with Crippen molar-refractivity contribution in [2.24, 2.45) is 5.73 Å². The van der Waals surface area contributed by atoms with Crippen molar-refractivity contribution in [2.45, 2.75) is 37.6 Å². The van der Waals surface area contributed by atoms with Crippen molar-refractivity contribution in [3.8, 4) is 0 Å². The molecule has 1 saturated carbocycles. The molecule has 1 unspecified atom stereocenters. The van der Waals surface area contributed by atoms with Gasteiger partial charge in [0.1, 0.15) is 5.82 Å². The Morgan fingerprint density at radius 1 is 1.24 bits per heavy atom. The van der Waals surface area contributed by atoms with Crippen molar-refractivity contribution in [2.75, 3.05) is 13.1 Å². The maximum Gasteiger partial charge on any atom is 0.123 e. The minimum Gasteiger partial charge on any atom is -0.330 e. The van der Waals surface area contributed by atoms with E-state index in [2.05, 4.69) is 5.32 Å². The van der Waals surface area contributed by atoms with Crippen LogP contribution >= 0.6 is 0 Å². The number of halogens is 1. The third-order valence-corrected chi connectivity index (χ3v) is 3.63. The Bertz CT molecular complexity index is 331. The van der Waals surface area contributed by atoms with E-state index in [9.17, 15) is 4.39 Å². The summed E-state index contributed by atoms with van der Waals surface area (Å²) in [6, 6.07) is 7.34. The second-order valence-corrected chi connectivity index (χ2v) is 4.87. The van der Waals surface area contributed by atoms with Crippen molar-refractivity contribution in [1.82, 2.24) is 5.32 Å². The Morgan fingerprint density at radius 2 is 1.88 bits per heavy atom. The zero-order valence-corrected chi connectivity index (χ0v) is 10.2. The summed E-state index contributed by atoms with van der Waals surface area (Å²) >= 11 is 0. The molecule has 94 valence electrons. The molecule has 2 nitrogen and oxygen atoms in total. The van der Waals surface area contributed by atoms with Gasteiger partial charge in [-0.3, -0.25) is 0 Å². The third kappa shape index (κ3) is 3.51. The van der Waals surface area contributed by atoms with Crippen LogP contribution in [-0.4, -0.2) is 19.1 Å². The van der Waals surface area contributed by atoms with Crippen molar-refractivity contribution >= 4 is 0 Å². The molecule has 1 aliphatic carbocycles. The minimum atomic E-state index is -0.187. The Morgan fingerprint density at radius 3 is 2.47 bits per heavy atom. The fourth-order valence-electron chi connectivity index (χ4n) is 2.51. The summed E-state index contributed by atoms with van der Waals surface area (Å²) in [6.07, 6.45) is 5.23. The molecule has 3 heteroatoms. The van der Waals surface area contributed by atoms with E-state index in [4.69, 9.17) is 5.73 Å². The number of rotatable bonds is 5. The Balaban J connectivity index is 1.89. The highest BCUT2D eigenvalue weighted by Gasteiger charge is 2.16. The van der Waals surface area contributed by atoms with E-state index in [1.807, 2.05) is 12.1 Å². The monoisotopic (exact) mass is 236 g/mol. The van der Waals surface area contributed by atoms with Gasteiger partial charge in [-0.2, -0.15) is 0 Å². The molecule has 0 bridgehead atoms. The Kier molecular flexibility index (Phi) is 4.51. The summed E-state index contributed by atoms with van der Waals surface area (Å²) in [7, 11) is 0. The predicted molar refractivity (Wildman–Crippen MR) is 68.5 cm³/mol. The van der Waals surface area contributed by atoms with Crippen LogP contribution < -0.4 is 11.1 Å². The highest BCUT2D eigenvalue weighted by Crippen LogP contribution is 2.19. The molecule has 0 amide bonds. The lowest BCUT2D eigenvalue weighted by atomic mass is 9.99. The number of hydrogen-bond donors (Lipinski definition) is 2. The van der Waals surface area contributed by atoms with E-state index >= 15 is 0 Å². The second kappa shape index (κ2) is 6.12. The largest absolute Gasteiger partial charge is 0.330 e. The smallest absolute Gasteiger partial charge is 0.123 e. The van der Waals surface area contributed by atoms with E-state index in [0.29, 0.717) is 12.6 Å². The van der Waals surface area contributed by atoms with Crippen LogP contribution in [0.15, 0.2) is 24.3 Å². The lowest BCUT2D eigenvalue weighted by molar-refractivity contribution is 0.489. The molecule has 0 saturated heterocycles. The molecule has 2 rings (SSSR count). The quantitative estimate of drug-likeness (QED) is 0.824. The van der Waals surface area contributed by atoms with Gasteiger partial charge in [0, 0.05) is 25.0 Å². The van der Waals surface area contributed by atoms with Crippen LogP contribution in [0.2, 0.25) is 0 Å². The standard InChI is InChI=1S/C14H21FN2/c15-13-7-5-11(6-8-13)12(9-16)10-17-14-3-1-2-4-14/h5-8,12,14,17H,1-4,9-10,16H2. The van der Waals surface area contributed by atoms with Gasteiger partial charge in [0.25, 0.3) is 0 Å². The van der Waals surface area contributed by atoms with Gasteiger partial charge >= 0.3 is 0 Å². The first-order valence-electron chi connectivity index (χ1n) is 6.48. The fraction of sp³-hybridized carbons (Fsp3) is 0.571. The molecular weight excluding hydrogens is 215 g/mol. The van der Waals surface area contributed by atoms with Gasteiger partial charge < -0.3 is 11.1 Å². The van der Waals surface area contributed by atoms with Crippen molar-refractivity contribution < 1.29 is 4.39 Å². The molecule has 0 aromatic heterocycles. The zero-order chi connectivity index (χ0) is 12.1. The maximum atomic E-state index is 12.8. The van der Waals surface area contributed by atoms with E-state index in [0.717, 1.165) is 12.1 Å². The Hall–Kier alpha value is -0.930. The molecule has 3 N–H and O–H groups in total. The third-order valence-electron chi connectivity index (χ3n) is 3.63. The predicted octanol–water partition coefficient (Wildman–Crippen LogP) is 2.40. The molecule has 0 spiro atoms. The highest BCUT2D eigenvalue weighted by molar-refractivity contribution is 5.21. The molecule has 1 aromatic rings. The summed E-state index contributed by atoms with van der Waals surface area (Å²) in [4.78, 5) is 0. The number of hydrogen-bond acceptors (Lipinski definition) is 2. The van der Waals surface area contributed by atoms with E-state index < -0.39 is 0 Å². The average molecular weight is 236 g/mol. The summed E-state index contributed by atoms with van der Waals surface area (Å²) in [6.45, 7) is 1.50. The average Bonchev–Trinajstić information content (AvgIpc) is 2.85. The van der Waals surface area contributed by atoms with Gasteiger partial charge in [-0.05, 0) is 30.5 Å². The molecule has 0 radical (unpaired) electrons. The molecule has 1 atom stereocenters. The van der Waals surface area contributed by atoms with Crippen LogP contribution in [0.25, 0.3) is 0 Å². The molecule has 1 fully saturated rings. The SMILES string of the molecule is NCC(CNC1CCCC1)c1ccc(F)cc1. The molecule has 0 heterocycles. The normalized spacial score (nSPS) is 18.5. The van der Waals surface area contributed by atoms with Gasteiger partial charge in [0.05, 0.1) is 0 Å². The number of nitrogens with two attached hydrogens (primary N) is 1. The maximum absolute atomic E-state index is 12.8. The highest BCUT2D eigenvalue weighted by atomic mass is 19.1. The molecule has 1 aliphatic rings. The molecular formula is C14H21FN2. The first-order valence-corrected chi connectivity index (χ1v) is 6.48.